The van der Waals surface area contributed by atoms with Crippen molar-refractivity contribution in [3.8, 4) is 0 Å². The van der Waals surface area contributed by atoms with Gasteiger partial charge in [-0.1, -0.05) is 13.0 Å². The zero-order valence-electron chi connectivity index (χ0n) is 12.6. The Morgan fingerprint density at radius 1 is 1.27 bits per heavy atom. The highest BCUT2D eigenvalue weighted by Crippen LogP contribution is 2.05. The number of rotatable bonds is 8. The summed E-state index contributed by atoms with van der Waals surface area (Å²) in [5, 5.41) is 11.5. The third kappa shape index (κ3) is 5.45. The number of carboxylic acids is 1. The van der Waals surface area contributed by atoms with Crippen LogP contribution < -0.4 is 5.32 Å². The van der Waals surface area contributed by atoms with Gasteiger partial charge in [0.05, 0.1) is 11.8 Å². The number of hydrogen-bond donors (Lipinski definition) is 2. The van der Waals surface area contributed by atoms with Gasteiger partial charge in [-0.3, -0.25) is 4.79 Å². The average Bonchev–Trinajstić information content (AvgIpc) is 2.45. The number of sulfonamides is 1. The Hall–Kier alpha value is -1.93. The van der Waals surface area contributed by atoms with Gasteiger partial charge in [0.2, 0.25) is 10.0 Å². The van der Waals surface area contributed by atoms with Crippen LogP contribution in [-0.4, -0.2) is 55.6 Å². The Balaban J connectivity index is 2.50. The molecule has 1 aromatic rings. The van der Waals surface area contributed by atoms with Crippen molar-refractivity contribution in [2.75, 3.05) is 25.9 Å². The molecule has 7 nitrogen and oxygen atoms in total. The minimum Gasteiger partial charge on any atom is -0.478 e. The Labute approximate surface area is 130 Å². The van der Waals surface area contributed by atoms with Crippen LogP contribution in [0.4, 0.5) is 0 Å². The van der Waals surface area contributed by atoms with E-state index in [0.717, 1.165) is 6.26 Å². The summed E-state index contributed by atoms with van der Waals surface area (Å²) < 4.78 is 24.1. The standard InChI is InChI=1S/C14H20N2O5S/c1-3-16(22(2,20)21)9-5-8-15-13(17)11-6-4-7-12(10-11)14(18)19/h4,6-7,10H,3,5,8-9H2,1-2H3,(H,15,17)(H,18,19). The highest BCUT2D eigenvalue weighted by molar-refractivity contribution is 7.88. The van der Waals surface area contributed by atoms with Crippen LogP contribution in [0.15, 0.2) is 24.3 Å². The molecule has 0 aliphatic rings. The van der Waals surface area contributed by atoms with E-state index in [1.165, 1.54) is 28.6 Å². The summed E-state index contributed by atoms with van der Waals surface area (Å²) >= 11 is 0. The lowest BCUT2D eigenvalue weighted by Gasteiger charge is -2.17. The highest BCUT2D eigenvalue weighted by Gasteiger charge is 2.14. The summed E-state index contributed by atoms with van der Waals surface area (Å²) in [5.74, 6) is -1.48. The van der Waals surface area contributed by atoms with Crippen LogP contribution in [0, 0.1) is 0 Å². The first-order valence-corrected chi connectivity index (χ1v) is 8.67. The van der Waals surface area contributed by atoms with E-state index in [2.05, 4.69) is 5.32 Å². The van der Waals surface area contributed by atoms with Gasteiger partial charge in [-0.05, 0) is 24.6 Å². The van der Waals surface area contributed by atoms with Crippen LogP contribution in [0.1, 0.15) is 34.1 Å². The van der Waals surface area contributed by atoms with Crippen molar-refractivity contribution in [2.24, 2.45) is 0 Å². The molecule has 0 saturated heterocycles. The molecule has 0 unspecified atom stereocenters. The van der Waals surface area contributed by atoms with Gasteiger partial charge >= 0.3 is 5.97 Å². The lowest BCUT2D eigenvalue weighted by Crippen LogP contribution is -2.33. The predicted octanol–water partition coefficient (Wildman–Crippen LogP) is 0.786. The molecule has 0 bridgehead atoms. The zero-order chi connectivity index (χ0) is 16.8. The number of aromatic carboxylic acids is 1. The van der Waals surface area contributed by atoms with Crippen molar-refractivity contribution in [3.05, 3.63) is 35.4 Å². The summed E-state index contributed by atoms with van der Waals surface area (Å²) in [6.45, 7) is 2.76. The van der Waals surface area contributed by atoms with E-state index in [1.807, 2.05) is 0 Å². The summed E-state index contributed by atoms with van der Waals surface area (Å²) in [7, 11) is -3.23. The second-order valence-electron chi connectivity index (χ2n) is 4.75. The lowest BCUT2D eigenvalue weighted by atomic mass is 10.1. The van der Waals surface area contributed by atoms with E-state index in [1.54, 1.807) is 6.92 Å². The molecule has 1 amide bonds. The van der Waals surface area contributed by atoms with Crippen LogP contribution in [-0.2, 0) is 10.0 Å². The van der Waals surface area contributed by atoms with Gasteiger partial charge in [0.15, 0.2) is 0 Å². The average molecular weight is 328 g/mol. The molecule has 0 aromatic heterocycles. The SMILES string of the molecule is CCN(CCCNC(=O)c1cccc(C(=O)O)c1)S(C)(=O)=O. The van der Waals surface area contributed by atoms with Crippen molar-refractivity contribution < 1.29 is 23.1 Å². The highest BCUT2D eigenvalue weighted by atomic mass is 32.2. The van der Waals surface area contributed by atoms with Crippen molar-refractivity contribution in [2.45, 2.75) is 13.3 Å². The predicted molar refractivity (Wildman–Crippen MR) is 82.4 cm³/mol. The van der Waals surface area contributed by atoms with E-state index < -0.39 is 16.0 Å². The molecule has 22 heavy (non-hydrogen) atoms. The molecule has 0 aliphatic carbocycles. The van der Waals surface area contributed by atoms with Crippen LogP contribution in [0.3, 0.4) is 0 Å². The Morgan fingerprint density at radius 3 is 2.45 bits per heavy atom. The summed E-state index contributed by atoms with van der Waals surface area (Å²) in [4.78, 5) is 22.7. The first kappa shape index (κ1) is 18.1. The quantitative estimate of drug-likeness (QED) is 0.687. The molecule has 0 aliphatic heterocycles. The maximum atomic E-state index is 11.9. The molecule has 1 rings (SSSR count). The Bertz CT molecular complexity index is 642. The number of nitrogens with zero attached hydrogens (tertiary/aromatic N) is 1. The maximum Gasteiger partial charge on any atom is 0.335 e. The fourth-order valence-electron chi connectivity index (χ4n) is 1.91. The largest absolute Gasteiger partial charge is 0.478 e. The minimum absolute atomic E-state index is 0.0434. The van der Waals surface area contributed by atoms with E-state index in [9.17, 15) is 18.0 Å². The molecular weight excluding hydrogens is 308 g/mol. The smallest absolute Gasteiger partial charge is 0.335 e. The Morgan fingerprint density at radius 2 is 1.91 bits per heavy atom. The number of carbonyl (C=O) groups excluding carboxylic acids is 1. The molecule has 122 valence electrons. The third-order valence-corrected chi connectivity index (χ3v) is 4.44. The summed E-state index contributed by atoms with van der Waals surface area (Å²) in [6.07, 6.45) is 1.62. The van der Waals surface area contributed by atoms with Crippen molar-refractivity contribution >= 4 is 21.9 Å². The van der Waals surface area contributed by atoms with Gasteiger partial charge in [-0.15, -0.1) is 0 Å². The third-order valence-electron chi connectivity index (χ3n) is 3.06. The van der Waals surface area contributed by atoms with E-state index in [0.29, 0.717) is 26.1 Å². The van der Waals surface area contributed by atoms with Crippen LogP contribution in [0.5, 0.6) is 0 Å². The molecule has 0 heterocycles. The van der Waals surface area contributed by atoms with Crippen LogP contribution >= 0.6 is 0 Å². The van der Waals surface area contributed by atoms with Crippen molar-refractivity contribution in [1.29, 1.82) is 0 Å². The number of nitrogens with one attached hydrogen (secondary N) is 1. The number of carbonyl (C=O) groups is 2. The van der Waals surface area contributed by atoms with Gasteiger partial charge in [0.1, 0.15) is 0 Å². The minimum atomic E-state index is -3.23. The van der Waals surface area contributed by atoms with E-state index >= 15 is 0 Å². The normalized spacial score (nSPS) is 11.4. The van der Waals surface area contributed by atoms with Gasteiger partial charge in [-0.25, -0.2) is 17.5 Å². The number of carboxylic acid groups (broad SMARTS) is 1. The molecule has 0 radical (unpaired) electrons. The summed E-state index contributed by atoms with van der Waals surface area (Å²) in [5.41, 5.74) is 0.303. The fourth-order valence-corrected chi connectivity index (χ4v) is 2.84. The summed E-state index contributed by atoms with van der Waals surface area (Å²) in [6, 6.07) is 5.73. The zero-order valence-corrected chi connectivity index (χ0v) is 13.4. The van der Waals surface area contributed by atoms with Crippen LogP contribution in [0.25, 0.3) is 0 Å². The van der Waals surface area contributed by atoms with Gasteiger partial charge in [-0.2, -0.15) is 0 Å². The number of benzene rings is 1. The van der Waals surface area contributed by atoms with E-state index in [-0.39, 0.29) is 17.0 Å². The number of amides is 1. The van der Waals surface area contributed by atoms with Gasteiger partial charge < -0.3 is 10.4 Å². The van der Waals surface area contributed by atoms with Crippen LogP contribution in [0.2, 0.25) is 0 Å². The molecule has 0 atom stereocenters. The molecule has 0 spiro atoms. The van der Waals surface area contributed by atoms with Gasteiger partial charge in [0, 0.05) is 25.2 Å². The van der Waals surface area contributed by atoms with Crippen molar-refractivity contribution in [1.82, 2.24) is 9.62 Å². The second-order valence-corrected chi connectivity index (χ2v) is 6.73. The molecule has 8 heteroatoms. The molecule has 2 N–H and O–H groups in total. The fraction of sp³-hybridized carbons (Fsp3) is 0.429. The number of hydrogen-bond acceptors (Lipinski definition) is 4. The van der Waals surface area contributed by atoms with E-state index in [4.69, 9.17) is 5.11 Å². The molecule has 0 saturated carbocycles. The molecular formula is C14H20N2O5S. The topological polar surface area (TPSA) is 104 Å². The molecule has 0 fully saturated rings. The second kappa shape index (κ2) is 7.90. The molecule has 1 aromatic carbocycles. The Kier molecular flexibility index (Phi) is 6.51. The van der Waals surface area contributed by atoms with Crippen molar-refractivity contribution in [3.63, 3.8) is 0 Å². The first-order valence-electron chi connectivity index (χ1n) is 6.82. The monoisotopic (exact) mass is 328 g/mol. The maximum absolute atomic E-state index is 11.9. The first-order chi connectivity index (χ1) is 10.3. The lowest BCUT2D eigenvalue weighted by molar-refractivity contribution is 0.0697. The van der Waals surface area contributed by atoms with Gasteiger partial charge in [0.25, 0.3) is 5.91 Å².